The fraction of sp³-hybridized carbons (Fsp3) is 0.600. The lowest BCUT2D eigenvalue weighted by molar-refractivity contribution is -0.126. The van der Waals surface area contributed by atoms with Gasteiger partial charge in [-0.05, 0) is 13.3 Å². The van der Waals surface area contributed by atoms with Gasteiger partial charge in [0.1, 0.15) is 6.61 Å². The molecule has 84 valence electrons. The van der Waals surface area contributed by atoms with Gasteiger partial charge >= 0.3 is 0 Å². The van der Waals surface area contributed by atoms with E-state index in [-0.39, 0.29) is 18.6 Å². The van der Waals surface area contributed by atoms with Crippen LogP contribution in [0.1, 0.15) is 31.9 Å². The smallest absolute Gasteiger partial charge is 0.246 e. The van der Waals surface area contributed by atoms with Gasteiger partial charge < -0.3 is 10.1 Å². The van der Waals surface area contributed by atoms with Crippen molar-refractivity contribution in [2.24, 2.45) is 0 Å². The van der Waals surface area contributed by atoms with Crippen LogP contribution >= 0.6 is 0 Å². The molecule has 1 atom stereocenters. The molecule has 0 aliphatic carbocycles. The van der Waals surface area contributed by atoms with Crippen molar-refractivity contribution >= 4 is 5.91 Å². The van der Waals surface area contributed by atoms with Crippen LogP contribution in [0.5, 0.6) is 0 Å². The van der Waals surface area contributed by atoms with E-state index >= 15 is 0 Å². The quantitative estimate of drug-likeness (QED) is 0.690. The number of carbonyl (C=O) groups is 1. The molecule has 5 heteroatoms. The standard InChI is InChI=1S/C10H17N3O2/c1-3-4-15-7-10(14)13-8(2)9-5-11-12-6-9/h5-6,8H,3-4,7H2,1-2H3,(H,11,12)(H,13,14). The number of aromatic amines is 1. The van der Waals surface area contributed by atoms with Crippen LogP contribution in [0.2, 0.25) is 0 Å². The first-order valence-electron chi connectivity index (χ1n) is 5.09. The lowest BCUT2D eigenvalue weighted by Gasteiger charge is -2.11. The minimum atomic E-state index is -0.0999. The van der Waals surface area contributed by atoms with Gasteiger partial charge in [-0.1, -0.05) is 6.92 Å². The molecule has 0 bridgehead atoms. The second-order valence-corrected chi connectivity index (χ2v) is 3.37. The number of ether oxygens (including phenoxy) is 1. The van der Waals surface area contributed by atoms with Crippen LogP contribution in [0, 0.1) is 0 Å². The summed E-state index contributed by atoms with van der Waals surface area (Å²) in [5.41, 5.74) is 0.957. The molecule has 1 rings (SSSR count). The van der Waals surface area contributed by atoms with Gasteiger partial charge in [-0.15, -0.1) is 0 Å². The zero-order chi connectivity index (χ0) is 11.1. The first-order chi connectivity index (χ1) is 7.24. The molecule has 0 saturated heterocycles. The minimum absolute atomic E-state index is 0.0403. The van der Waals surface area contributed by atoms with Crippen LogP contribution in [0.3, 0.4) is 0 Å². The zero-order valence-electron chi connectivity index (χ0n) is 9.12. The third-order valence-electron chi connectivity index (χ3n) is 1.98. The number of hydrogen-bond acceptors (Lipinski definition) is 3. The molecule has 2 N–H and O–H groups in total. The molecule has 1 amide bonds. The number of amides is 1. The molecule has 1 unspecified atom stereocenters. The highest BCUT2D eigenvalue weighted by molar-refractivity contribution is 5.77. The number of hydrogen-bond donors (Lipinski definition) is 2. The second-order valence-electron chi connectivity index (χ2n) is 3.37. The van der Waals surface area contributed by atoms with Crippen molar-refractivity contribution in [3.05, 3.63) is 18.0 Å². The van der Waals surface area contributed by atoms with E-state index in [0.29, 0.717) is 6.61 Å². The lowest BCUT2D eigenvalue weighted by atomic mass is 10.2. The van der Waals surface area contributed by atoms with Gasteiger partial charge in [0.2, 0.25) is 5.91 Å². The summed E-state index contributed by atoms with van der Waals surface area (Å²) in [4.78, 5) is 11.4. The minimum Gasteiger partial charge on any atom is -0.372 e. The predicted octanol–water partition coefficient (Wildman–Crippen LogP) is 1.01. The Morgan fingerprint density at radius 3 is 3.13 bits per heavy atom. The maximum Gasteiger partial charge on any atom is 0.246 e. The monoisotopic (exact) mass is 211 g/mol. The Morgan fingerprint density at radius 1 is 1.73 bits per heavy atom. The average molecular weight is 211 g/mol. The van der Waals surface area contributed by atoms with Crippen LogP contribution in [0.25, 0.3) is 0 Å². The molecule has 1 aromatic heterocycles. The summed E-state index contributed by atoms with van der Waals surface area (Å²) in [7, 11) is 0. The summed E-state index contributed by atoms with van der Waals surface area (Å²) >= 11 is 0. The maximum absolute atomic E-state index is 11.4. The molecule has 1 heterocycles. The van der Waals surface area contributed by atoms with E-state index in [9.17, 15) is 4.79 Å². The molecule has 1 aromatic rings. The second kappa shape index (κ2) is 6.19. The number of aromatic nitrogens is 2. The normalized spacial score (nSPS) is 12.4. The highest BCUT2D eigenvalue weighted by atomic mass is 16.5. The summed E-state index contributed by atoms with van der Waals surface area (Å²) in [5, 5.41) is 9.34. The van der Waals surface area contributed by atoms with Gasteiger partial charge in [0, 0.05) is 18.4 Å². The lowest BCUT2D eigenvalue weighted by Crippen LogP contribution is -2.30. The molecule has 0 spiro atoms. The summed E-state index contributed by atoms with van der Waals surface area (Å²) < 4.78 is 5.13. The molecule has 0 fully saturated rings. The summed E-state index contributed by atoms with van der Waals surface area (Å²) in [6, 6.07) is -0.0403. The zero-order valence-corrected chi connectivity index (χ0v) is 9.12. The van der Waals surface area contributed by atoms with Crippen LogP contribution in [0.15, 0.2) is 12.4 Å². The van der Waals surface area contributed by atoms with E-state index in [1.165, 1.54) is 0 Å². The van der Waals surface area contributed by atoms with Crippen LogP contribution in [0.4, 0.5) is 0 Å². The van der Waals surface area contributed by atoms with Crippen molar-refractivity contribution in [2.75, 3.05) is 13.2 Å². The Kier molecular flexibility index (Phi) is 4.83. The van der Waals surface area contributed by atoms with E-state index < -0.39 is 0 Å². The summed E-state index contributed by atoms with van der Waals surface area (Å²) in [6.45, 7) is 4.65. The highest BCUT2D eigenvalue weighted by Gasteiger charge is 2.09. The van der Waals surface area contributed by atoms with Gasteiger partial charge in [0.25, 0.3) is 0 Å². The largest absolute Gasteiger partial charge is 0.372 e. The van der Waals surface area contributed by atoms with Crippen molar-refractivity contribution in [2.45, 2.75) is 26.3 Å². The first-order valence-corrected chi connectivity index (χ1v) is 5.09. The first kappa shape index (κ1) is 11.7. The summed E-state index contributed by atoms with van der Waals surface area (Å²) in [5.74, 6) is -0.0999. The van der Waals surface area contributed by atoms with Crippen LogP contribution in [-0.4, -0.2) is 29.3 Å². The van der Waals surface area contributed by atoms with Gasteiger partial charge in [0.05, 0.1) is 12.2 Å². The van der Waals surface area contributed by atoms with Crippen molar-refractivity contribution in [3.8, 4) is 0 Å². The van der Waals surface area contributed by atoms with E-state index in [4.69, 9.17) is 4.74 Å². The molecule has 0 aliphatic rings. The molecule has 0 aliphatic heterocycles. The molecule has 0 saturated carbocycles. The average Bonchev–Trinajstić information content (AvgIpc) is 2.70. The Bertz CT molecular complexity index is 285. The van der Waals surface area contributed by atoms with Crippen LogP contribution < -0.4 is 5.32 Å². The Balaban J connectivity index is 2.26. The molecule has 0 aromatic carbocycles. The Labute approximate surface area is 89.2 Å². The number of rotatable bonds is 6. The topological polar surface area (TPSA) is 67.0 Å². The fourth-order valence-corrected chi connectivity index (χ4v) is 1.17. The maximum atomic E-state index is 11.4. The number of nitrogens with zero attached hydrogens (tertiary/aromatic N) is 1. The fourth-order valence-electron chi connectivity index (χ4n) is 1.17. The number of nitrogens with one attached hydrogen (secondary N) is 2. The Morgan fingerprint density at radius 2 is 2.53 bits per heavy atom. The van der Waals surface area contributed by atoms with E-state index in [2.05, 4.69) is 15.5 Å². The van der Waals surface area contributed by atoms with Gasteiger partial charge in [-0.25, -0.2) is 0 Å². The van der Waals surface area contributed by atoms with E-state index in [1.807, 2.05) is 13.8 Å². The van der Waals surface area contributed by atoms with E-state index in [1.54, 1.807) is 12.4 Å². The predicted molar refractivity (Wildman–Crippen MR) is 56.3 cm³/mol. The van der Waals surface area contributed by atoms with E-state index in [0.717, 1.165) is 12.0 Å². The Hall–Kier alpha value is -1.36. The van der Waals surface area contributed by atoms with Crippen molar-refractivity contribution in [1.29, 1.82) is 0 Å². The highest BCUT2D eigenvalue weighted by Crippen LogP contribution is 2.08. The third-order valence-corrected chi connectivity index (χ3v) is 1.98. The van der Waals surface area contributed by atoms with Crippen molar-refractivity contribution < 1.29 is 9.53 Å². The third kappa shape index (κ3) is 4.12. The van der Waals surface area contributed by atoms with Gasteiger partial charge in [0.15, 0.2) is 0 Å². The number of carbonyl (C=O) groups excluding carboxylic acids is 1. The number of H-pyrrole nitrogens is 1. The van der Waals surface area contributed by atoms with Crippen molar-refractivity contribution in [1.82, 2.24) is 15.5 Å². The molecular weight excluding hydrogens is 194 g/mol. The molecule has 0 radical (unpaired) electrons. The summed E-state index contributed by atoms with van der Waals surface area (Å²) in [6.07, 6.45) is 4.38. The molecule has 5 nitrogen and oxygen atoms in total. The van der Waals surface area contributed by atoms with Crippen molar-refractivity contribution in [3.63, 3.8) is 0 Å². The van der Waals surface area contributed by atoms with Gasteiger partial charge in [-0.3, -0.25) is 9.89 Å². The molecular formula is C10H17N3O2. The molecule has 15 heavy (non-hydrogen) atoms. The van der Waals surface area contributed by atoms with Gasteiger partial charge in [-0.2, -0.15) is 5.10 Å². The van der Waals surface area contributed by atoms with Crippen LogP contribution in [-0.2, 0) is 9.53 Å². The SMILES string of the molecule is CCCOCC(=O)NC(C)c1cn[nH]c1.